The zero-order valence-electron chi connectivity index (χ0n) is 8.76. The number of hydrogen-bond donors (Lipinski definition) is 2. The van der Waals surface area contributed by atoms with Crippen LogP contribution in [0, 0.1) is 12.3 Å². The van der Waals surface area contributed by atoms with Crippen LogP contribution in [0.3, 0.4) is 0 Å². The number of aromatic nitrogens is 3. The highest BCUT2D eigenvalue weighted by Crippen LogP contribution is 2.25. The largest absolute Gasteiger partial charge is 0.321 e. The first-order chi connectivity index (χ1) is 5.88. The van der Waals surface area contributed by atoms with Crippen molar-refractivity contribution < 1.29 is 0 Å². The topological polar surface area (TPSA) is 67.6 Å². The van der Waals surface area contributed by atoms with Gasteiger partial charge in [0.1, 0.15) is 5.82 Å². The molecule has 1 heterocycles. The molecule has 0 spiro atoms. The van der Waals surface area contributed by atoms with E-state index in [0.717, 1.165) is 12.2 Å². The molecule has 4 heteroatoms. The number of hydrogen-bond acceptors (Lipinski definition) is 3. The van der Waals surface area contributed by atoms with E-state index in [1.165, 1.54) is 0 Å². The second kappa shape index (κ2) is 3.46. The summed E-state index contributed by atoms with van der Waals surface area (Å²) in [6, 6.07) is -0.0649. The van der Waals surface area contributed by atoms with Crippen molar-refractivity contribution >= 4 is 0 Å². The fraction of sp³-hybridized carbons (Fsp3) is 0.778. The van der Waals surface area contributed by atoms with Crippen LogP contribution < -0.4 is 5.73 Å². The van der Waals surface area contributed by atoms with Crippen LogP contribution in [0.5, 0.6) is 0 Å². The molecular formula is C9H18N4. The maximum absolute atomic E-state index is 5.95. The number of aryl methyl sites for hydroxylation is 1. The monoisotopic (exact) mass is 182 g/mol. The first kappa shape index (κ1) is 10.2. The van der Waals surface area contributed by atoms with Gasteiger partial charge in [-0.05, 0) is 18.8 Å². The van der Waals surface area contributed by atoms with E-state index in [1.54, 1.807) is 0 Å². The van der Waals surface area contributed by atoms with Crippen molar-refractivity contribution in [2.24, 2.45) is 11.1 Å². The molecule has 3 N–H and O–H groups in total. The number of nitrogens with one attached hydrogen (secondary N) is 1. The predicted molar refractivity (Wildman–Crippen MR) is 52.1 cm³/mol. The minimum absolute atomic E-state index is 0.0649. The minimum atomic E-state index is -0.0649. The molecule has 74 valence electrons. The summed E-state index contributed by atoms with van der Waals surface area (Å²) in [7, 11) is 0. The van der Waals surface area contributed by atoms with Gasteiger partial charge in [0.2, 0.25) is 0 Å². The van der Waals surface area contributed by atoms with E-state index in [9.17, 15) is 0 Å². The Morgan fingerprint density at radius 3 is 2.46 bits per heavy atom. The fourth-order valence-corrected chi connectivity index (χ4v) is 1.28. The summed E-state index contributed by atoms with van der Waals surface area (Å²) in [5, 5.41) is 6.83. The van der Waals surface area contributed by atoms with Crippen molar-refractivity contribution in [3.63, 3.8) is 0 Å². The lowest BCUT2D eigenvalue weighted by Gasteiger charge is -2.21. The van der Waals surface area contributed by atoms with Gasteiger partial charge in [-0.15, -0.1) is 0 Å². The summed E-state index contributed by atoms with van der Waals surface area (Å²) in [5.41, 5.74) is 6.17. The first-order valence-electron chi connectivity index (χ1n) is 4.53. The maximum atomic E-state index is 5.95. The quantitative estimate of drug-likeness (QED) is 0.729. The molecule has 0 aromatic carbocycles. The summed E-state index contributed by atoms with van der Waals surface area (Å²) < 4.78 is 0. The van der Waals surface area contributed by atoms with Crippen molar-refractivity contribution in [3.8, 4) is 0 Å². The molecule has 1 rings (SSSR count). The predicted octanol–water partition coefficient (Wildman–Crippen LogP) is 1.55. The van der Waals surface area contributed by atoms with Gasteiger partial charge >= 0.3 is 0 Å². The lowest BCUT2D eigenvalue weighted by atomic mass is 9.88. The summed E-state index contributed by atoms with van der Waals surface area (Å²) in [6.07, 6.45) is 0.893. The zero-order chi connectivity index (χ0) is 10.1. The standard InChI is InChI=1S/C9H18N4/c1-6-11-8(13-12-6)7(10)5-9(2,3)4/h7H,5,10H2,1-4H3,(H,11,12,13). The van der Waals surface area contributed by atoms with Crippen molar-refractivity contribution in [2.45, 2.75) is 40.2 Å². The Morgan fingerprint density at radius 2 is 2.08 bits per heavy atom. The van der Waals surface area contributed by atoms with Gasteiger partial charge in [-0.1, -0.05) is 20.8 Å². The lowest BCUT2D eigenvalue weighted by molar-refractivity contribution is 0.337. The molecule has 0 saturated heterocycles. The average molecular weight is 182 g/mol. The first-order valence-corrected chi connectivity index (χ1v) is 4.53. The van der Waals surface area contributed by atoms with E-state index < -0.39 is 0 Å². The van der Waals surface area contributed by atoms with Gasteiger partial charge < -0.3 is 5.73 Å². The van der Waals surface area contributed by atoms with Gasteiger partial charge in [-0.25, -0.2) is 4.98 Å². The van der Waals surface area contributed by atoms with Crippen LogP contribution in [0.4, 0.5) is 0 Å². The van der Waals surface area contributed by atoms with Crippen LogP contribution in [-0.2, 0) is 0 Å². The van der Waals surface area contributed by atoms with Crippen LogP contribution in [0.2, 0.25) is 0 Å². The van der Waals surface area contributed by atoms with Gasteiger partial charge in [0.05, 0.1) is 6.04 Å². The molecule has 1 aromatic rings. The smallest absolute Gasteiger partial charge is 0.167 e. The molecule has 0 bridgehead atoms. The van der Waals surface area contributed by atoms with E-state index in [2.05, 4.69) is 36.0 Å². The Morgan fingerprint density at radius 1 is 1.46 bits per heavy atom. The van der Waals surface area contributed by atoms with Gasteiger partial charge in [-0.2, -0.15) is 5.10 Å². The van der Waals surface area contributed by atoms with Crippen LogP contribution in [0.1, 0.15) is 44.9 Å². The lowest BCUT2D eigenvalue weighted by Crippen LogP contribution is -2.19. The zero-order valence-corrected chi connectivity index (χ0v) is 8.76. The third kappa shape index (κ3) is 3.14. The van der Waals surface area contributed by atoms with E-state index in [1.807, 2.05) is 6.92 Å². The molecule has 0 saturated carbocycles. The molecular weight excluding hydrogens is 164 g/mol. The molecule has 1 aromatic heterocycles. The van der Waals surface area contributed by atoms with Gasteiger partial charge in [-0.3, -0.25) is 5.10 Å². The number of nitrogens with two attached hydrogens (primary N) is 1. The van der Waals surface area contributed by atoms with Crippen LogP contribution in [-0.4, -0.2) is 15.2 Å². The Labute approximate surface area is 78.9 Å². The van der Waals surface area contributed by atoms with Crippen molar-refractivity contribution in [2.75, 3.05) is 0 Å². The van der Waals surface area contributed by atoms with E-state index in [4.69, 9.17) is 5.73 Å². The molecule has 13 heavy (non-hydrogen) atoms. The number of nitrogens with zero attached hydrogens (tertiary/aromatic N) is 2. The molecule has 0 amide bonds. The number of aromatic amines is 1. The molecule has 1 atom stereocenters. The van der Waals surface area contributed by atoms with Crippen molar-refractivity contribution in [1.82, 2.24) is 15.2 Å². The average Bonchev–Trinajstić information content (AvgIpc) is 2.31. The highest BCUT2D eigenvalue weighted by molar-refractivity contribution is 4.95. The Bertz CT molecular complexity index is 271. The second-order valence-corrected chi connectivity index (χ2v) is 4.65. The highest BCUT2D eigenvalue weighted by atomic mass is 15.2. The van der Waals surface area contributed by atoms with Crippen LogP contribution in [0.25, 0.3) is 0 Å². The van der Waals surface area contributed by atoms with Crippen molar-refractivity contribution in [1.29, 1.82) is 0 Å². The molecule has 0 fully saturated rings. The molecule has 0 aliphatic rings. The summed E-state index contributed by atoms with van der Waals surface area (Å²) in [6.45, 7) is 8.35. The summed E-state index contributed by atoms with van der Waals surface area (Å²) in [4.78, 5) is 4.20. The SMILES string of the molecule is Cc1nc(C(N)CC(C)(C)C)n[nH]1. The molecule has 0 radical (unpaired) electrons. The summed E-state index contributed by atoms with van der Waals surface area (Å²) >= 11 is 0. The Balaban J connectivity index is 2.64. The fourth-order valence-electron chi connectivity index (χ4n) is 1.28. The third-order valence-corrected chi connectivity index (χ3v) is 1.78. The molecule has 0 aliphatic heterocycles. The minimum Gasteiger partial charge on any atom is -0.321 e. The number of H-pyrrole nitrogens is 1. The Hall–Kier alpha value is -0.900. The Kier molecular flexibility index (Phi) is 2.71. The van der Waals surface area contributed by atoms with E-state index >= 15 is 0 Å². The molecule has 4 nitrogen and oxygen atoms in total. The highest BCUT2D eigenvalue weighted by Gasteiger charge is 2.19. The van der Waals surface area contributed by atoms with E-state index in [0.29, 0.717) is 5.82 Å². The van der Waals surface area contributed by atoms with Crippen molar-refractivity contribution in [3.05, 3.63) is 11.6 Å². The van der Waals surface area contributed by atoms with Crippen LogP contribution >= 0.6 is 0 Å². The summed E-state index contributed by atoms with van der Waals surface area (Å²) in [5.74, 6) is 1.53. The number of rotatable bonds is 2. The molecule has 1 unspecified atom stereocenters. The van der Waals surface area contributed by atoms with Gasteiger partial charge in [0.25, 0.3) is 0 Å². The normalized spacial score (nSPS) is 14.5. The van der Waals surface area contributed by atoms with Gasteiger partial charge in [0.15, 0.2) is 5.82 Å². The maximum Gasteiger partial charge on any atom is 0.167 e. The van der Waals surface area contributed by atoms with Gasteiger partial charge in [0, 0.05) is 0 Å². The molecule has 0 aliphatic carbocycles. The van der Waals surface area contributed by atoms with Crippen LogP contribution in [0.15, 0.2) is 0 Å². The second-order valence-electron chi connectivity index (χ2n) is 4.65. The third-order valence-electron chi connectivity index (χ3n) is 1.78. The van der Waals surface area contributed by atoms with E-state index in [-0.39, 0.29) is 11.5 Å².